The molecule has 0 radical (unpaired) electrons. The fourth-order valence-corrected chi connectivity index (χ4v) is 10.4. The van der Waals surface area contributed by atoms with Gasteiger partial charge in [0.2, 0.25) is 76.8 Å². The van der Waals surface area contributed by atoms with E-state index in [2.05, 4.69) is 56.4 Å². The van der Waals surface area contributed by atoms with Gasteiger partial charge in [-0.15, -0.1) is 0 Å². The summed E-state index contributed by atoms with van der Waals surface area (Å²) in [5.41, 5.74) is 11.7. The van der Waals surface area contributed by atoms with Crippen LogP contribution in [-0.2, 0) is 76.7 Å². The molecule has 3 saturated heterocycles. The minimum Gasteiger partial charge on any atom is -0.481 e. The number of primary amides is 1. The smallest absolute Gasteiger partial charge is 0.308 e. The van der Waals surface area contributed by atoms with Gasteiger partial charge in [-0.25, -0.2) is 0 Å². The van der Waals surface area contributed by atoms with Crippen LogP contribution in [-0.4, -0.2) is 212 Å². The molecule has 17 N–H and O–H groups in total. The largest absolute Gasteiger partial charge is 0.481 e. The third kappa shape index (κ3) is 24.8. The number of carbonyl (C=O) groups excluding carboxylic acids is 13. The van der Waals surface area contributed by atoms with Crippen molar-refractivity contribution in [1.29, 1.82) is 0 Å². The van der Waals surface area contributed by atoms with Crippen molar-refractivity contribution in [1.82, 2.24) is 63.0 Å². The van der Waals surface area contributed by atoms with Gasteiger partial charge in [0.15, 0.2) is 0 Å². The minimum absolute atomic E-state index is 0.0286. The highest BCUT2D eigenvalue weighted by Gasteiger charge is 2.45. The monoisotopic (exact) mass is 1290 g/mol. The van der Waals surface area contributed by atoms with Crippen LogP contribution < -0.4 is 64.6 Å². The lowest BCUT2D eigenvalue weighted by atomic mass is 9.96. The van der Waals surface area contributed by atoms with Gasteiger partial charge >= 0.3 is 17.9 Å². The Bertz CT molecular complexity index is 2710. The van der Waals surface area contributed by atoms with Crippen molar-refractivity contribution in [2.75, 3.05) is 26.2 Å². The zero-order valence-corrected chi connectivity index (χ0v) is 52.6. The SMILES string of the molecule is CCC(C)CCCCC/C=C/CC(=O)NC(CC(N)=O)C(=O)NC1C(=O)N2CCCCC2C(=O)NC(C(C)C(=O)O)C(=O)NC(CC(=O)O)C(=O)NCC(=O)NC(CC(=O)O)C(=O)NCC(=O)NC(C(C)N)C(=O)NC(C(C)C)C(=O)N2CCCC2C(=O)NC1C. The number of unbranched alkanes of at least 4 members (excludes halogenated alkanes) is 3. The number of allylic oxidation sites excluding steroid dienone is 1. The molecule has 3 aliphatic heterocycles. The lowest BCUT2D eigenvalue weighted by molar-refractivity contribution is -0.149. The lowest BCUT2D eigenvalue weighted by Gasteiger charge is -2.39. The van der Waals surface area contributed by atoms with Crippen molar-refractivity contribution >= 4 is 94.7 Å². The van der Waals surface area contributed by atoms with Gasteiger partial charge in [-0.3, -0.25) is 76.7 Å². The van der Waals surface area contributed by atoms with Crippen LogP contribution in [0.1, 0.15) is 145 Å². The van der Waals surface area contributed by atoms with E-state index < -0.39 is 205 Å². The number of nitrogens with two attached hydrogens (primary N) is 2. The molecule has 508 valence electrons. The maximum Gasteiger partial charge on any atom is 0.308 e. The van der Waals surface area contributed by atoms with Gasteiger partial charge in [-0.2, -0.15) is 0 Å². The summed E-state index contributed by atoms with van der Waals surface area (Å²) in [6.45, 7) is 8.77. The molecule has 3 heterocycles. The molecule has 0 aromatic carbocycles. The van der Waals surface area contributed by atoms with Crippen LogP contribution in [0.4, 0.5) is 0 Å². The van der Waals surface area contributed by atoms with Crippen molar-refractivity contribution < 1.29 is 92.0 Å². The van der Waals surface area contributed by atoms with Crippen molar-refractivity contribution in [2.45, 2.75) is 211 Å². The second-order valence-electron chi connectivity index (χ2n) is 23.7. The summed E-state index contributed by atoms with van der Waals surface area (Å²) in [6, 6.07) is -18.3. The summed E-state index contributed by atoms with van der Waals surface area (Å²) < 4.78 is 0. The first-order chi connectivity index (χ1) is 42.8. The molecule has 91 heavy (non-hydrogen) atoms. The highest BCUT2D eigenvalue weighted by atomic mass is 16.4. The Hall–Kier alpha value is -8.78. The molecule has 0 spiro atoms. The lowest BCUT2D eigenvalue weighted by Crippen LogP contribution is -2.66. The predicted octanol–water partition coefficient (Wildman–Crippen LogP) is -4.01. The van der Waals surface area contributed by atoms with Crippen LogP contribution in [0.15, 0.2) is 12.2 Å². The van der Waals surface area contributed by atoms with Gasteiger partial charge in [0.1, 0.15) is 54.4 Å². The Kier molecular flexibility index (Phi) is 31.4. The Morgan fingerprint density at radius 2 is 1.16 bits per heavy atom. The number of carbonyl (C=O) groups is 16. The number of piperidine rings is 1. The fourth-order valence-electron chi connectivity index (χ4n) is 10.4. The quantitative estimate of drug-likeness (QED) is 0.0363. The topological polar surface area (TPSA) is 513 Å². The zero-order chi connectivity index (χ0) is 68.4. The van der Waals surface area contributed by atoms with Crippen molar-refractivity contribution in [2.24, 2.45) is 29.2 Å². The van der Waals surface area contributed by atoms with E-state index >= 15 is 4.79 Å². The van der Waals surface area contributed by atoms with Crippen LogP contribution >= 0.6 is 0 Å². The van der Waals surface area contributed by atoms with E-state index in [9.17, 15) is 87.2 Å². The molecule has 13 amide bonds. The average molecular weight is 1290 g/mol. The first kappa shape index (κ1) is 76.5. The van der Waals surface area contributed by atoms with Crippen LogP contribution in [0.3, 0.4) is 0 Å². The van der Waals surface area contributed by atoms with E-state index in [1.807, 2.05) is 10.6 Å². The molecule has 0 aliphatic carbocycles. The molecule has 0 saturated carbocycles. The number of hydrogen-bond donors (Lipinski definition) is 15. The van der Waals surface area contributed by atoms with E-state index in [1.165, 1.54) is 18.7 Å². The number of rotatable bonds is 22. The summed E-state index contributed by atoms with van der Waals surface area (Å²) in [7, 11) is 0. The van der Waals surface area contributed by atoms with Gasteiger partial charge in [0.25, 0.3) is 0 Å². The molecule has 13 atom stereocenters. The molecule has 33 nitrogen and oxygen atoms in total. The van der Waals surface area contributed by atoms with E-state index in [4.69, 9.17) is 11.5 Å². The maximum atomic E-state index is 15.2. The van der Waals surface area contributed by atoms with Crippen molar-refractivity contribution in [3.8, 4) is 0 Å². The second kappa shape index (κ2) is 37.4. The first-order valence-corrected chi connectivity index (χ1v) is 30.7. The first-order valence-electron chi connectivity index (χ1n) is 30.7. The summed E-state index contributed by atoms with van der Waals surface area (Å²) in [5.74, 6) is -21.1. The van der Waals surface area contributed by atoms with Gasteiger partial charge < -0.3 is 89.8 Å². The average Bonchev–Trinajstić information content (AvgIpc) is 1.82. The Balaban J connectivity index is 2.17. The molecule has 33 heteroatoms. The Morgan fingerprint density at radius 1 is 0.626 bits per heavy atom. The number of nitrogens with one attached hydrogen (secondary N) is 10. The number of carboxylic acids is 3. The van der Waals surface area contributed by atoms with Gasteiger partial charge in [0, 0.05) is 25.6 Å². The summed E-state index contributed by atoms with van der Waals surface area (Å²) in [6.07, 6.45) is 6.44. The second-order valence-corrected chi connectivity index (χ2v) is 23.7. The van der Waals surface area contributed by atoms with Gasteiger partial charge in [0.05, 0.1) is 44.3 Å². The molecular weight excluding hydrogens is 1200 g/mol. The number of nitrogens with zero attached hydrogens (tertiary/aromatic N) is 2. The van der Waals surface area contributed by atoms with Gasteiger partial charge in [-0.1, -0.05) is 65.5 Å². The van der Waals surface area contributed by atoms with E-state index in [0.29, 0.717) is 12.3 Å². The Morgan fingerprint density at radius 3 is 1.73 bits per heavy atom. The van der Waals surface area contributed by atoms with Crippen LogP contribution in [0.5, 0.6) is 0 Å². The number of amides is 13. The van der Waals surface area contributed by atoms with E-state index in [0.717, 1.165) is 43.9 Å². The van der Waals surface area contributed by atoms with E-state index in [-0.39, 0.29) is 51.6 Å². The number of hydrogen-bond acceptors (Lipinski definition) is 17. The Labute approximate surface area is 526 Å². The van der Waals surface area contributed by atoms with Crippen LogP contribution in [0.2, 0.25) is 0 Å². The number of carboxylic acid groups (broad SMARTS) is 3. The molecule has 13 unspecified atom stereocenters. The van der Waals surface area contributed by atoms with Crippen molar-refractivity contribution in [3.05, 3.63) is 12.2 Å². The third-order valence-corrected chi connectivity index (χ3v) is 15.9. The normalized spacial score (nSPS) is 25.6. The molecule has 0 aromatic rings. The summed E-state index contributed by atoms with van der Waals surface area (Å²) in [4.78, 5) is 219. The van der Waals surface area contributed by atoms with Crippen LogP contribution in [0.25, 0.3) is 0 Å². The van der Waals surface area contributed by atoms with Crippen molar-refractivity contribution in [3.63, 3.8) is 0 Å². The third-order valence-electron chi connectivity index (χ3n) is 15.9. The molecule has 0 bridgehead atoms. The fraction of sp³-hybridized carbons (Fsp3) is 0.690. The molecular formula is C58H92N14O19. The maximum absolute atomic E-state index is 15.2. The molecule has 3 fully saturated rings. The van der Waals surface area contributed by atoms with Crippen LogP contribution in [0, 0.1) is 17.8 Å². The minimum atomic E-state index is -2.13. The zero-order valence-electron chi connectivity index (χ0n) is 52.6. The summed E-state index contributed by atoms with van der Waals surface area (Å²) in [5, 5.41) is 52.5. The van der Waals surface area contributed by atoms with E-state index in [1.54, 1.807) is 26.0 Å². The molecule has 0 aromatic heterocycles. The molecule has 3 rings (SSSR count). The highest BCUT2D eigenvalue weighted by molar-refractivity contribution is 6.01. The molecule has 3 aliphatic rings. The van der Waals surface area contributed by atoms with Gasteiger partial charge in [-0.05, 0) is 77.6 Å². The standard InChI is InChI=1S/C58H92N14O19/c1-8-30(4)18-13-11-9-10-12-14-21-40(74)64-34(24-39(60)73)51(83)70-48-33(7)63-52(84)38-20-17-23-72(38)56(88)45(29(2)3)68-55(87)47(32(6)59)67-42(76)28-62-49(81)35(25-43(77)78)65-41(75)27-61-50(82)36(26-44(79)80)66-54(86)46(31(5)58(90)91)69-53(85)37-19-15-16-22-71(37)57(48)89/h12,14,29-38,45-48H,8-11,13,15-28,59H2,1-7H3,(H2,60,73)(H,61,82)(H,62,81)(H,63,84)(H,64,74)(H,65,75)(H,66,86)(H,67,76)(H,68,87)(H,69,85)(H,70,83)(H,77,78)(H,79,80)(H,90,91)/b14-12+. The summed E-state index contributed by atoms with van der Waals surface area (Å²) >= 11 is 0. The predicted molar refractivity (Wildman–Crippen MR) is 321 cm³/mol. The number of fused-ring (bicyclic) bond motifs is 2. The highest BCUT2D eigenvalue weighted by Crippen LogP contribution is 2.24. The number of aliphatic carboxylic acids is 3.